The van der Waals surface area contributed by atoms with Gasteiger partial charge in [0.05, 0.1) is 5.02 Å². The smallest absolute Gasteiger partial charge is 0.244 e. The van der Waals surface area contributed by atoms with Gasteiger partial charge >= 0.3 is 0 Å². The van der Waals surface area contributed by atoms with Gasteiger partial charge in [0.15, 0.2) is 0 Å². The van der Waals surface area contributed by atoms with Crippen LogP contribution in [0, 0.1) is 5.92 Å². The summed E-state index contributed by atoms with van der Waals surface area (Å²) in [4.78, 5) is 0.0427. The van der Waals surface area contributed by atoms with Crippen LogP contribution in [0.4, 0.5) is 0 Å². The van der Waals surface area contributed by atoms with E-state index in [-0.39, 0.29) is 21.8 Å². The van der Waals surface area contributed by atoms with Crippen molar-refractivity contribution in [2.75, 3.05) is 19.6 Å². The molecule has 128 valence electrons. The summed E-state index contributed by atoms with van der Waals surface area (Å²) in [5, 5.41) is 0.513. The molecule has 0 spiro atoms. The van der Waals surface area contributed by atoms with E-state index in [1.807, 2.05) is 30.3 Å². The minimum atomic E-state index is -3.71. The number of nitrogens with zero attached hydrogens (tertiary/aromatic N) is 1. The maximum atomic E-state index is 13.0. The lowest BCUT2D eigenvalue weighted by Gasteiger charge is -2.18. The van der Waals surface area contributed by atoms with Crippen LogP contribution in [0.25, 0.3) is 0 Å². The maximum Gasteiger partial charge on any atom is 0.244 e. The van der Waals surface area contributed by atoms with Crippen molar-refractivity contribution in [3.05, 3.63) is 64.1 Å². The first-order valence-corrected chi connectivity index (χ1v) is 9.83. The molecule has 2 N–H and O–H groups in total. The molecule has 0 aliphatic carbocycles. The Morgan fingerprint density at radius 1 is 1.08 bits per heavy atom. The van der Waals surface area contributed by atoms with Crippen molar-refractivity contribution in [2.24, 2.45) is 11.7 Å². The van der Waals surface area contributed by atoms with Gasteiger partial charge < -0.3 is 5.73 Å². The number of rotatable bonds is 4. The Labute approximate surface area is 152 Å². The van der Waals surface area contributed by atoms with Crippen LogP contribution in [0.5, 0.6) is 0 Å². The average Bonchev–Trinajstić information content (AvgIpc) is 3.03. The van der Waals surface area contributed by atoms with Crippen LogP contribution in [-0.4, -0.2) is 32.4 Å². The second-order valence-corrected chi connectivity index (χ2v) is 8.66. The third-order valence-corrected chi connectivity index (χ3v) is 7.00. The van der Waals surface area contributed by atoms with E-state index < -0.39 is 10.0 Å². The standard InChI is InChI=1S/C17H18Cl2N2O2S/c18-14-6-7-16(19)17(8-14)24(22,23)21-10-13(9-20)15(11-21)12-4-2-1-3-5-12/h1-8,13,15H,9-11,20H2/t13-,15+/m1/s1. The summed E-state index contributed by atoms with van der Waals surface area (Å²) in [6.07, 6.45) is 0. The Bertz CT molecular complexity index is 828. The third kappa shape index (κ3) is 3.32. The molecule has 0 amide bonds. The van der Waals surface area contributed by atoms with E-state index in [0.29, 0.717) is 24.7 Å². The van der Waals surface area contributed by atoms with Gasteiger partial charge in [0.1, 0.15) is 4.90 Å². The molecule has 1 saturated heterocycles. The van der Waals surface area contributed by atoms with Crippen LogP contribution in [0.2, 0.25) is 10.0 Å². The fourth-order valence-electron chi connectivity index (χ4n) is 3.16. The normalized spacial score (nSPS) is 22.0. The van der Waals surface area contributed by atoms with Crippen molar-refractivity contribution in [3.63, 3.8) is 0 Å². The van der Waals surface area contributed by atoms with Crippen LogP contribution >= 0.6 is 23.2 Å². The van der Waals surface area contributed by atoms with Crippen molar-refractivity contribution in [3.8, 4) is 0 Å². The minimum Gasteiger partial charge on any atom is -0.330 e. The molecule has 2 aromatic carbocycles. The molecule has 1 aliphatic rings. The number of hydrogen-bond donors (Lipinski definition) is 1. The predicted molar refractivity (Wildman–Crippen MR) is 96.9 cm³/mol. The molecule has 1 heterocycles. The summed E-state index contributed by atoms with van der Waals surface area (Å²) in [5.74, 6) is 0.143. The average molecular weight is 385 g/mol. The molecule has 0 saturated carbocycles. The molecule has 24 heavy (non-hydrogen) atoms. The van der Waals surface area contributed by atoms with Crippen LogP contribution < -0.4 is 5.73 Å². The zero-order valence-corrected chi connectivity index (χ0v) is 15.2. The summed E-state index contributed by atoms with van der Waals surface area (Å²) >= 11 is 12.0. The Kier molecular flexibility index (Phi) is 5.18. The SMILES string of the molecule is NC[C@@H]1CN(S(=O)(=O)c2cc(Cl)ccc2Cl)C[C@H]1c1ccccc1. The lowest BCUT2D eigenvalue weighted by atomic mass is 9.89. The lowest BCUT2D eigenvalue weighted by Crippen LogP contribution is -2.30. The van der Waals surface area contributed by atoms with Gasteiger partial charge in [-0.1, -0.05) is 53.5 Å². The van der Waals surface area contributed by atoms with Crippen molar-refractivity contribution < 1.29 is 8.42 Å². The van der Waals surface area contributed by atoms with Gasteiger partial charge in [0.25, 0.3) is 0 Å². The second kappa shape index (κ2) is 7.02. The quantitative estimate of drug-likeness (QED) is 0.878. The van der Waals surface area contributed by atoms with E-state index in [2.05, 4.69) is 0 Å². The topological polar surface area (TPSA) is 63.4 Å². The fraction of sp³-hybridized carbons (Fsp3) is 0.294. The monoisotopic (exact) mass is 384 g/mol. The Morgan fingerprint density at radius 2 is 1.79 bits per heavy atom. The Morgan fingerprint density at radius 3 is 2.46 bits per heavy atom. The summed E-state index contributed by atoms with van der Waals surface area (Å²) in [6.45, 7) is 1.19. The highest BCUT2D eigenvalue weighted by atomic mass is 35.5. The van der Waals surface area contributed by atoms with Crippen LogP contribution in [0.1, 0.15) is 11.5 Å². The van der Waals surface area contributed by atoms with E-state index in [0.717, 1.165) is 5.56 Å². The van der Waals surface area contributed by atoms with E-state index in [1.54, 1.807) is 6.07 Å². The van der Waals surface area contributed by atoms with Gasteiger partial charge in [-0.15, -0.1) is 0 Å². The van der Waals surface area contributed by atoms with E-state index in [1.165, 1.54) is 16.4 Å². The molecule has 1 aliphatic heterocycles. The molecular weight excluding hydrogens is 367 g/mol. The number of hydrogen-bond acceptors (Lipinski definition) is 3. The molecule has 0 radical (unpaired) electrons. The van der Waals surface area contributed by atoms with Crippen molar-refractivity contribution in [2.45, 2.75) is 10.8 Å². The summed E-state index contributed by atoms with van der Waals surface area (Å²) in [7, 11) is -3.71. The largest absolute Gasteiger partial charge is 0.330 e. The molecule has 0 bridgehead atoms. The molecule has 1 fully saturated rings. The predicted octanol–water partition coefficient (Wildman–Crippen LogP) is 3.36. The van der Waals surface area contributed by atoms with Crippen LogP contribution in [0.15, 0.2) is 53.4 Å². The molecule has 4 nitrogen and oxygen atoms in total. The zero-order chi connectivity index (χ0) is 17.3. The van der Waals surface area contributed by atoms with Crippen molar-refractivity contribution in [1.29, 1.82) is 0 Å². The number of halogens is 2. The Balaban J connectivity index is 1.94. The zero-order valence-electron chi connectivity index (χ0n) is 12.9. The molecule has 0 unspecified atom stereocenters. The molecule has 7 heteroatoms. The molecule has 3 rings (SSSR count). The highest BCUT2D eigenvalue weighted by Crippen LogP contribution is 2.37. The fourth-order valence-corrected chi connectivity index (χ4v) is 5.42. The summed E-state index contributed by atoms with van der Waals surface area (Å²) < 4.78 is 27.4. The van der Waals surface area contributed by atoms with Gasteiger partial charge in [0.2, 0.25) is 10.0 Å². The van der Waals surface area contributed by atoms with Crippen molar-refractivity contribution >= 4 is 33.2 Å². The van der Waals surface area contributed by atoms with E-state index >= 15 is 0 Å². The van der Waals surface area contributed by atoms with Gasteiger partial charge in [-0.3, -0.25) is 0 Å². The first-order chi connectivity index (χ1) is 11.4. The van der Waals surface area contributed by atoms with Crippen molar-refractivity contribution in [1.82, 2.24) is 4.31 Å². The minimum absolute atomic E-state index is 0.0427. The third-order valence-electron chi connectivity index (χ3n) is 4.45. The van der Waals surface area contributed by atoms with Gasteiger partial charge in [-0.25, -0.2) is 8.42 Å². The second-order valence-electron chi connectivity index (χ2n) is 5.91. The van der Waals surface area contributed by atoms with Crippen LogP contribution in [0.3, 0.4) is 0 Å². The number of sulfonamides is 1. The molecule has 2 aromatic rings. The van der Waals surface area contributed by atoms with Gasteiger partial charge in [-0.05, 0) is 36.2 Å². The highest BCUT2D eigenvalue weighted by molar-refractivity contribution is 7.89. The number of nitrogens with two attached hydrogens (primary N) is 1. The van der Waals surface area contributed by atoms with Gasteiger partial charge in [0, 0.05) is 24.0 Å². The molecular formula is C17H18Cl2N2O2S. The first-order valence-electron chi connectivity index (χ1n) is 7.63. The Hall–Kier alpha value is -1.11. The highest BCUT2D eigenvalue weighted by Gasteiger charge is 2.40. The summed E-state index contributed by atoms with van der Waals surface area (Å²) in [6, 6.07) is 14.3. The van der Waals surface area contributed by atoms with E-state index in [4.69, 9.17) is 28.9 Å². The van der Waals surface area contributed by atoms with Crippen LogP contribution in [-0.2, 0) is 10.0 Å². The molecule has 0 aromatic heterocycles. The number of benzene rings is 2. The lowest BCUT2D eigenvalue weighted by molar-refractivity contribution is 0.459. The molecule has 2 atom stereocenters. The van der Waals surface area contributed by atoms with E-state index in [9.17, 15) is 8.42 Å². The first kappa shape index (κ1) is 17.7. The summed E-state index contributed by atoms with van der Waals surface area (Å²) in [5.41, 5.74) is 6.99. The van der Waals surface area contributed by atoms with Gasteiger partial charge in [-0.2, -0.15) is 4.31 Å². The maximum absolute atomic E-state index is 13.0.